The van der Waals surface area contributed by atoms with Crippen molar-refractivity contribution in [2.24, 2.45) is 5.73 Å². The van der Waals surface area contributed by atoms with Crippen molar-refractivity contribution in [2.75, 3.05) is 6.54 Å². The Morgan fingerprint density at radius 2 is 2.23 bits per heavy atom. The fourth-order valence-corrected chi connectivity index (χ4v) is 0.780. The Labute approximate surface area is 71.6 Å². The van der Waals surface area contributed by atoms with E-state index < -0.39 is 18.0 Å². The van der Waals surface area contributed by atoms with Crippen LogP contribution >= 0.6 is 0 Å². The van der Waals surface area contributed by atoms with Crippen molar-refractivity contribution in [1.29, 1.82) is 0 Å². The van der Waals surface area contributed by atoms with Crippen LogP contribution in [0.2, 0.25) is 0 Å². The molecule has 0 aliphatic rings. The number of H-pyrrole nitrogens is 1. The SMILES string of the molecule is NC[C@@H](O)c1cc(C(F)(F)F)n[nH]1. The third-order valence-electron chi connectivity index (χ3n) is 1.47. The van der Waals surface area contributed by atoms with Crippen molar-refractivity contribution in [3.63, 3.8) is 0 Å². The highest BCUT2D eigenvalue weighted by atomic mass is 19.4. The molecule has 0 amide bonds. The summed E-state index contributed by atoms with van der Waals surface area (Å²) in [5, 5.41) is 14.1. The topological polar surface area (TPSA) is 74.9 Å². The smallest absolute Gasteiger partial charge is 0.385 e. The number of aliphatic hydroxyl groups excluding tert-OH is 1. The maximum atomic E-state index is 12.0. The first kappa shape index (κ1) is 10.0. The monoisotopic (exact) mass is 195 g/mol. The molecule has 4 nitrogen and oxygen atoms in total. The average Bonchev–Trinajstić information content (AvgIpc) is 2.50. The lowest BCUT2D eigenvalue weighted by Crippen LogP contribution is -2.11. The molecule has 1 atom stereocenters. The molecule has 13 heavy (non-hydrogen) atoms. The molecule has 0 fully saturated rings. The summed E-state index contributed by atoms with van der Waals surface area (Å²) in [4.78, 5) is 0. The van der Waals surface area contributed by atoms with Gasteiger partial charge in [0.1, 0.15) is 6.10 Å². The predicted molar refractivity (Wildman–Crippen MR) is 37.6 cm³/mol. The maximum Gasteiger partial charge on any atom is 0.435 e. The standard InChI is InChI=1S/C6H8F3N3O/c7-6(8,9)5-1-3(11-12-5)4(13)2-10/h1,4,13H,2,10H2,(H,11,12)/t4-/m1/s1. The molecule has 0 aliphatic carbocycles. The zero-order valence-corrected chi connectivity index (χ0v) is 6.47. The van der Waals surface area contributed by atoms with Crippen molar-refractivity contribution >= 4 is 0 Å². The van der Waals surface area contributed by atoms with Gasteiger partial charge in [0.15, 0.2) is 5.69 Å². The van der Waals surface area contributed by atoms with Gasteiger partial charge in [-0.15, -0.1) is 0 Å². The molecule has 4 N–H and O–H groups in total. The molecule has 0 radical (unpaired) electrons. The summed E-state index contributed by atoms with van der Waals surface area (Å²) in [6, 6.07) is 0.734. The van der Waals surface area contributed by atoms with Crippen LogP contribution in [-0.4, -0.2) is 21.8 Å². The first-order chi connectivity index (χ1) is 5.95. The van der Waals surface area contributed by atoms with Crippen molar-refractivity contribution in [2.45, 2.75) is 12.3 Å². The average molecular weight is 195 g/mol. The van der Waals surface area contributed by atoms with Gasteiger partial charge in [0.05, 0.1) is 5.69 Å². The molecule has 0 saturated heterocycles. The van der Waals surface area contributed by atoms with Crippen LogP contribution in [0.15, 0.2) is 6.07 Å². The quantitative estimate of drug-likeness (QED) is 0.640. The van der Waals surface area contributed by atoms with E-state index in [1.165, 1.54) is 0 Å². The number of alkyl halides is 3. The molecule has 0 unspecified atom stereocenters. The van der Waals surface area contributed by atoms with Gasteiger partial charge in [-0.25, -0.2) is 0 Å². The second kappa shape index (κ2) is 3.35. The van der Waals surface area contributed by atoms with E-state index in [1.807, 2.05) is 0 Å². The molecule has 1 heterocycles. The van der Waals surface area contributed by atoms with Crippen molar-refractivity contribution < 1.29 is 18.3 Å². The number of hydrogen-bond donors (Lipinski definition) is 3. The van der Waals surface area contributed by atoms with Crippen LogP contribution < -0.4 is 5.73 Å². The molecule has 74 valence electrons. The molecule has 0 aromatic carbocycles. The van der Waals surface area contributed by atoms with E-state index in [0.29, 0.717) is 0 Å². The summed E-state index contributed by atoms with van der Waals surface area (Å²) in [5.74, 6) is 0. The van der Waals surface area contributed by atoms with Crippen LogP contribution in [0.25, 0.3) is 0 Å². The van der Waals surface area contributed by atoms with Gasteiger partial charge in [-0.3, -0.25) is 5.10 Å². The van der Waals surface area contributed by atoms with Crippen molar-refractivity contribution in [3.05, 3.63) is 17.5 Å². The Morgan fingerprint density at radius 3 is 2.62 bits per heavy atom. The number of aliphatic hydroxyl groups is 1. The number of rotatable bonds is 2. The number of hydrogen-bond acceptors (Lipinski definition) is 3. The third-order valence-corrected chi connectivity index (χ3v) is 1.47. The van der Waals surface area contributed by atoms with Gasteiger partial charge in [0.25, 0.3) is 0 Å². The third kappa shape index (κ3) is 2.19. The lowest BCUT2D eigenvalue weighted by atomic mass is 10.2. The van der Waals surface area contributed by atoms with E-state index >= 15 is 0 Å². The molecule has 1 aromatic heterocycles. The van der Waals surface area contributed by atoms with Crippen LogP contribution in [-0.2, 0) is 6.18 Å². The Bertz CT molecular complexity index is 283. The molecular weight excluding hydrogens is 187 g/mol. The summed E-state index contributed by atoms with van der Waals surface area (Å²) in [6.07, 6.45) is -5.63. The Kier molecular flexibility index (Phi) is 2.58. The van der Waals surface area contributed by atoms with E-state index in [1.54, 1.807) is 0 Å². The van der Waals surface area contributed by atoms with Gasteiger partial charge in [-0.05, 0) is 6.07 Å². The first-order valence-electron chi connectivity index (χ1n) is 3.45. The minimum atomic E-state index is -4.50. The Morgan fingerprint density at radius 1 is 1.62 bits per heavy atom. The van der Waals surface area contributed by atoms with Gasteiger partial charge in [0, 0.05) is 6.54 Å². The van der Waals surface area contributed by atoms with Crippen LogP contribution in [0.1, 0.15) is 17.5 Å². The van der Waals surface area contributed by atoms with Gasteiger partial charge >= 0.3 is 6.18 Å². The van der Waals surface area contributed by atoms with E-state index in [2.05, 4.69) is 10.2 Å². The summed E-state index contributed by atoms with van der Waals surface area (Å²) < 4.78 is 35.9. The number of aromatic amines is 1. The van der Waals surface area contributed by atoms with Crippen LogP contribution in [0.4, 0.5) is 13.2 Å². The molecule has 1 aromatic rings. The summed E-state index contributed by atoms with van der Waals surface area (Å²) in [5.41, 5.74) is 3.95. The zero-order chi connectivity index (χ0) is 10.1. The minimum Gasteiger partial charge on any atom is -0.385 e. The van der Waals surface area contributed by atoms with Crippen LogP contribution in [0, 0.1) is 0 Å². The van der Waals surface area contributed by atoms with Gasteiger partial charge < -0.3 is 10.8 Å². The summed E-state index contributed by atoms with van der Waals surface area (Å²) >= 11 is 0. The minimum absolute atomic E-state index is 0.0326. The van der Waals surface area contributed by atoms with Gasteiger partial charge in [-0.2, -0.15) is 18.3 Å². The summed E-state index contributed by atoms with van der Waals surface area (Å²) in [6.45, 7) is -0.153. The second-order valence-corrected chi connectivity index (χ2v) is 2.46. The van der Waals surface area contributed by atoms with Gasteiger partial charge in [0.2, 0.25) is 0 Å². The number of nitrogens with zero attached hydrogens (tertiary/aromatic N) is 1. The first-order valence-corrected chi connectivity index (χ1v) is 3.45. The largest absolute Gasteiger partial charge is 0.435 e. The Balaban J connectivity index is 2.87. The normalized spacial score (nSPS) is 14.5. The van der Waals surface area contributed by atoms with Crippen molar-refractivity contribution in [3.8, 4) is 0 Å². The Hall–Kier alpha value is -1.08. The zero-order valence-electron chi connectivity index (χ0n) is 6.47. The molecule has 0 bridgehead atoms. The molecular formula is C6H8F3N3O. The number of aromatic nitrogens is 2. The lowest BCUT2D eigenvalue weighted by molar-refractivity contribution is -0.141. The lowest BCUT2D eigenvalue weighted by Gasteiger charge is -2.02. The maximum absolute atomic E-state index is 12.0. The van der Waals surface area contributed by atoms with Gasteiger partial charge in [-0.1, -0.05) is 0 Å². The highest BCUT2D eigenvalue weighted by molar-refractivity contribution is 5.13. The fourth-order valence-electron chi connectivity index (χ4n) is 0.780. The predicted octanol–water partition coefficient (Wildman–Crippen LogP) is 0.421. The second-order valence-electron chi connectivity index (χ2n) is 2.46. The highest BCUT2D eigenvalue weighted by Crippen LogP contribution is 2.28. The van der Waals surface area contributed by atoms with E-state index in [4.69, 9.17) is 10.8 Å². The molecule has 7 heteroatoms. The molecule has 0 saturated carbocycles. The summed E-state index contributed by atoms with van der Waals surface area (Å²) in [7, 11) is 0. The van der Waals surface area contributed by atoms with E-state index in [-0.39, 0.29) is 12.2 Å². The van der Waals surface area contributed by atoms with Crippen LogP contribution in [0.3, 0.4) is 0 Å². The molecule has 1 rings (SSSR count). The van der Waals surface area contributed by atoms with Crippen LogP contribution in [0.5, 0.6) is 0 Å². The van der Waals surface area contributed by atoms with Crippen molar-refractivity contribution in [1.82, 2.24) is 10.2 Å². The fraction of sp³-hybridized carbons (Fsp3) is 0.500. The highest BCUT2D eigenvalue weighted by Gasteiger charge is 2.34. The van der Waals surface area contributed by atoms with E-state index in [9.17, 15) is 13.2 Å². The molecule has 0 aliphatic heterocycles. The molecule has 0 spiro atoms. The number of nitrogens with one attached hydrogen (secondary N) is 1. The number of nitrogens with two attached hydrogens (primary N) is 1. The number of halogens is 3. The van der Waals surface area contributed by atoms with E-state index in [0.717, 1.165) is 6.07 Å².